The summed E-state index contributed by atoms with van der Waals surface area (Å²) in [7, 11) is 9.51. The van der Waals surface area contributed by atoms with E-state index in [1.165, 1.54) is 0 Å². The standard InChI is InChI=1S/C17H35N4O2P/c1-16-8-10-17(11-9-16)23-24(22,18-12-14-20(2,3)4)19-13-15-21(5,6)7/h8-11H,12-15H2,1-7H3,(H2,18,19,22)/q+2. The maximum absolute atomic E-state index is 13.2. The van der Waals surface area contributed by atoms with E-state index in [1.54, 1.807) is 0 Å². The molecule has 0 unspecified atom stereocenters. The molecule has 0 amide bonds. The summed E-state index contributed by atoms with van der Waals surface area (Å²) in [5.41, 5.74) is 1.15. The lowest BCUT2D eigenvalue weighted by atomic mass is 10.2. The Morgan fingerprint density at radius 3 is 1.67 bits per heavy atom. The third-order valence-electron chi connectivity index (χ3n) is 3.46. The number of quaternary nitrogens is 2. The van der Waals surface area contributed by atoms with Crippen LogP contribution in [0.4, 0.5) is 0 Å². The van der Waals surface area contributed by atoms with Crippen LogP contribution in [0.15, 0.2) is 24.3 Å². The summed E-state index contributed by atoms with van der Waals surface area (Å²) in [6.45, 7) is 4.97. The SMILES string of the molecule is Cc1ccc(OP(=O)(NCC[N+](C)(C)C)NCC[N+](C)(C)C)cc1. The van der Waals surface area contributed by atoms with Crippen molar-refractivity contribution in [3.05, 3.63) is 29.8 Å². The van der Waals surface area contributed by atoms with Crippen molar-refractivity contribution < 1.29 is 18.1 Å². The minimum atomic E-state index is -3.15. The third kappa shape index (κ3) is 9.40. The predicted octanol–water partition coefficient (Wildman–Crippen LogP) is 2.07. The van der Waals surface area contributed by atoms with Crippen molar-refractivity contribution in [2.45, 2.75) is 6.92 Å². The van der Waals surface area contributed by atoms with Crippen LogP contribution in [0, 0.1) is 6.92 Å². The van der Waals surface area contributed by atoms with Gasteiger partial charge in [-0.2, -0.15) is 0 Å². The van der Waals surface area contributed by atoms with E-state index in [-0.39, 0.29) is 0 Å². The highest BCUT2D eigenvalue weighted by atomic mass is 31.2. The Labute approximate surface area is 147 Å². The van der Waals surface area contributed by atoms with E-state index in [0.29, 0.717) is 18.8 Å². The highest BCUT2D eigenvalue weighted by Crippen LogP contribution is 2.38. The van der Waals surface area contributed by atoms with Crippen molar-refractivity contribution in [3.8, 4) is 5.75 Å². The van der Waals surface area contributed by atoms with Gasteiger partial charge in [0, 0.05) is 0 Å². The zero-order valence-corrected chi connectivity index (χ0v) is 17.2. The van der Waals surface area contributed by atoms with Crippen molar-refractivity contribution in [2.24, 2.45) is 0 Å². The molecule has 0 saturated carbocycles. The smallest absolute Gasteiger partial charge is 0.390 e. The van der Waals surface area contributed by atoms with Crippen LogP contribution in [-0.2, 0) is 4.57 Å². The van der Waals surface area contributed by atoms with Gasteiger partial charge in [-0.1, -0.05) is 17.7 Å². The number of hydrogen-bond acceptors (Lipinski definition) is 2. The second-order valence-electron chi connectivity index (χ2n) is 8.30. The Hall–Kier alpha value is -0.910. The molecule has 0 radical (unpaired) electrons. The van der Waals surface area contributed by atoms with Crippen LogP contribution in [-0.4, -0.2) is 77.4 Å². The fourth-order valence-corrected chi connectivity index (χ4v) is 3.38. The molecule has 1 aromatic carbocycles. The number of hydrogen-bond donors (Lipinski definition) is 2. The Balaban J connectivity index is 2.73. The first-order valence-corrected chi connectivity index (χ1v) is 9.99. The molecule has 0 aliphatic carbocycles. The van der Waals surface area contributed by atoms with Gasteiger partial charge in [0.15, 0.2) is 0 Å². The molecule has 138 valence electrons. The summed E-state index contributed by atoms with van der Waals surface area (Å²) < 4.78 is 20.6. The lowest BCUT2D eigenvalue weighted by Crippen LogP contribution is -2.43. The first-order valence-electron chi connectivity index (χ1n) is 8.36. The topological polar surface area (TPSA) is 50.4 Å². The molecule has 7 heteroatoms. The highest BCUT2D eigenvalue weighted by molar-refractivity contribution is 7.55. The molecule has 6 nitrogen and oxygen atoms in total. The average molecular weight is 358 g/mol. The summed E-state index contributed by atoms with van der Waals surface area (Å²) in [4.78, 5) is 0. The minimum absolute atomic E-state index is 0.611. The Morgan fingerprint density at radius 2 is 1.29 bits per heavy atom. The van der Waals surface area contributed by atoms with Crippen LogP contribution in [0.2, 0.25) is 0 Å². The largest absolute Gasteiger partial charge is 0.422 e. The molecule has 0 spiro atoms. The van der Waals surface area contributed by atoms with Crippen molar-refractivity contribution in [1.29, 1.82) is 0 Å². The monoisotopic (exact) mass is 358 g/mol. The third-order valence-corrected chi connectivity index (χ3v) is 5.21. The number of aryl methyl sites for hydroxylation is 1. The fraction of sp³-hybridized carbons (Fsp3) is 0.647. The van der Waals surface area contributed by atoms with Gasteiger partial charge in [0.25, 0.3) is 0 Å². The normalized spacial score (nSPS) is 13.1. The summed E-state index contributed by atoms with van der Waals surface area (Å²) >= 11 is 0. The molecule has 0 atom stereocenters. The van der Waals surface area contributed by atoms with Gasteiger partial charge < -0.3 is 13.5 Å². The van der Waals surface area contributed by atoms with E-state index in [0.717, 1.165) is 27.6 Å². The Bertz CT molecular complexity index is 523. The van der Waals surface area contributed by atoms with Crippen molar-refractivity contribution >= 4 is 7.67 Å². The number of nitrogens with zero attached hydrogens (tertiary/aromatic N) is 2. The molecular formula is C17H35N4O2P+2. The van der Waals surface area contributed by atoms with Crippen LogP contribution in [0.1, 0.15) is 5.56 Å². The molecule has 0 aliphatic heterocycles. The maximum Gasteiger partial charge on any atom is 0.390 e. The van der Waals surface area contributed by atoms with Gasteiger partial charge in [0.05, 0.1) is 68.5 Å². The molecular weight excluding hydrogens is 323 g/mol. The van der Waals surface area contributed by atoms with Crippen LogP contribution in [0.3, 0.4) is 0 Å². The van der Waals surface area contributed by atoms with Crippen LogP contribution in [0.25, 0.3) is 0 Å². The lowest BCUT2D eigenvalue weighted by molar-refractivity contribution is -0.869. The zero-order valence-electron chi connectivity index (χ0n) is 16.3. The molecule has 0 aliphatic rings. The first-order chi connectivity index (χ1) is 10.9. The van der Waals surface area contributed by atoms with E-state index in [1.807, 2.05) is 31.2 Å². The fourth-order valence-electron chi connectivity index (χ4n) is 1.93. The average Bonchev–Trinajstić information content (AvgIpc) is 2.38. The zero-order chi connectivity index (χ0) is 18.4. The van der Waals surface area contributed by atoms with Gasteiger partial charge in [-0.25, -0.2) is 14.7 Å². The number of benzene rings is 1. The summed E-state index contributed by atoms with van der Waals surface area (Å²) in [5, 5.41) is 6.20. The Morgan fingerprint density at radius 1 is 0.875 bits per heavy atom. The molecule has 1 rings (SSSR count). The highest BCUT2D eigenvalue weighted by Gasteiger charge is 2.25. The van der Waals surface area contributed by atoms with Crippen LogP contribution < -0.4 is 14.7 Å². The minimum Gasteiger partial charge on any atom is -0.422 e. The molecule has 0 bridgehead atoms. The van der Waals surface area contributed by atoms with Crippen molar-refractivity contribution in [2.75, 3.05) is 68.5 Å². The van der Waals surface area contributed by atoms with Gasteiger partial charge >= 0.3 is 7.67 Å². The molecule has 0 aromatic heterocycles. The number of likely N-dealkylation sites (N-methyl/N-ethyl adjacent to an activating group) is 2. The first kappa shape index (κ1) is 21.1. The van der Waals surface area contributed by atoms with Gasteiger partial charge in [-0.3, -0.25) is 0 Å². The van der Waals surface area contributed by atoms with Crippen LogP contribution >= 0.6 is 7.67 Å². The number of nitrogens with one attached hydrogen (secondary N) is 2. The van der Waals surface area contributed by atoms with Crippen LogP contribution in [0.5, 0.6) is 5.75 Å². The van der Waals surface area contributed by atoms with E-state index < -0.39 is 7.67 Å². The van der Waals surface area contributed by atoms with E-state index in [9.17, 15) is 4.57 Å². The van der Waals surface area contributed by atoms with E-state index >= 15 is 0 Å². The van der Waals surface area contributed by atoms with Crippen molar-refractivity contribution in [1.82, 2.24) is 10.2 Å². The lowest BCUT2D eigenvalue weighted by Gasteiger charge is -2.28. The second kappa shape index (κ2) is 8.45. The van der Waals surface area contributed by atoms with Gasteiger partial charge in [-0.05, 0) is 19.1 Å². The molecule has 0 heterocycles. The molecule has 1 aromatic rings. The molecule has 0 saturated heterocycles. The quantitative estimate of drug-likeness (QED) is 0.497. The molecule has 2 N–H and O–H groups in total. The van der Waals surface area contributed by atoms with Gasteiger partial charge in [0.1, 0.15) is 5.75 Å². The van der Waals surface area contributed by atoms with Gasteiger partial charge in [0.2, 0.25) is 0 Å². The van der Waals surface area contributed by atoms with E-state index in [4.69, 9.17) is 4.52 Å². The Kier molecular flexibility index (Phi) is 7.44. The number of rotatable bonds is 10. The maximum atomic E-state index is 13.2. The van der Waals surface area contributed by atoms with E-state index in [2.05, 4.69) is 52.5 Å². The summed E-state index contributed by atoms with van der Waals surface area (Å²) in [6, 6.07) is 7.62. The second-order valence-corrected chi connectivity index (χ2v) is 10.2. The predicted molar refractivity (Wildman–Crippen MR) is 101 cm³/mol. The molecule has 0 fully saturated rings. The van der Waals surface area contributed by atoms with Crippen molar-refractivity contribution in [3.63, 3.8) is 0 Å². The molecule has 24 heavy (non-hydrogen) atoms. The summed E-state index contributed by atoms with van der Waals surface area (Å²) in [6.07, 6.45) is 0. The summed E-state index contributed by atoms with van der Waals surface area (Å²) in [5.74, 6) is 0.611. The van der Waals surface area contributed by atoms with Gasteiger partial charge in [-0.15, -0.1) is 0 Å².